The van der Waals surface area contributed by atoms with Gasteiger partial charge in [0.1, 0.15) is 11.1 Å². The van der Waals surface area contributed by atoms with Crippen molar-refractivity contribution in [3.05, 3.63) is 16.0 Å². The summed E-state index contributed by atoms with van der Waals surface area (Å²) >= 11 is 1.63. The van der Waals surface area contributed by atoms with Gasteiger partial charge in [-0.3, -0.25) is 4.79 Å². The lowest BCUT2D eigenvalue weighted by molar-refractivity contribution is -0.906. The Balaban J connectivity index is 1.71. The minimum absolute atomic E-state index is 0.0415. The zero-order valence-corrected chi connectivity index (χ0v) is 15.7. The van der Waals surface area contributed by atoms with Gasteiger partial charge in [0.05, 0.1) is 25.7 Å². The zero-order valence-electron chi connectivity index (χ0n) is 14.9. The van der Waals surface area contributed by atoms with Crippen LogP contribution in [0.5, 0.6) is 0 Å². The van der Waals surface area contributed by atoms with Crippen molar-refractivity contribution in [2.45, 2.75) is 63.8 Å². The molecule has 1 fully saturated rings. The molecule has 0 atom stereocenters. The van der Waals surface area contributed by atoms with E-state index in [-0.39, 0.29) is 5.91 Å². The Morgan fingerprint density at radius 1 is 1.21 bits per heavy atom. The monoisotopic (exact) mass is 346 g/mol. The number of nitrogens with one attached hydrogen (secondary N) is 1. The van der Waals surface area contributed by atoms with Crippen molar-refractivity contribution in [3.8, 4) is 6.07 Å². The van der Waals surface area contributed by atoms with Crippen molar-refractivity contribution in [3.63, 3.8) is 0 Å². The molecule has 1 aromatic heterocycles. The summed E-state index contributed by atoms with van der Waals surface area (Å²) in [6, 6.07) is 2.93. The highest BCUT2D eigenvalue weighted by atomic mass is 32.1. The first-order valence-electron chi connectivity index (χ1n) is 9.18. The van der Waals surface area contributed by atoms with Gasteiger partial charge in [-0.25, -0.2) is 0 Å². The molecular weight excluding hydrogens is 318 g/mol. The molecule has 0 bridgehead atoms. The van der Waals surface area contributed by atoms with E-state index in [0.717, 1.165) is 34.3 Å². The summed E-state index contributed by atoms with van der Waals surface area (Å²) in [6.45, 7) is 0.484. The van der Waals surface area contributed by atoms with Crippen LogP contribution in [0.1, 0.15) is 60.9 Å². The summed E-state index contributed by atoms with van der Waals surface area (Å²) in [4.78, 5) is 13.9. The highest BCUT2D eigenvalue weighted by molar-refractivity contribution is 7.16. The minimum Gasteiger partial charge on any atom is -0.318 e. The van der Waals surface area contributed by atoms with Crippen molar-refractivity contribution in [1.29, 1.82) is 5.26 Å². The van der Waals surface area contributed by atoms with Crippen LogP contribution >= 0.6 is 11.3 Å². The molecule has 0 radical (unpaired) electrons. The van der Waals surface area contributed by atoms with Crippen molar-refractivity contribution < 1.29 is 9.28 Å². The third-order valence-electron chi connectivity index (χ3n) is 5.65. The van der Waals surface area contributed by atoms with Crippen LogP contribution in [0.2, 0.25) is 0 Å². The summed E-state index contributed by atoms with van der Waals surface area (Å²) in [6.07, 6.45) is 10.6. The molecule has 1 N–H and O–H groups in total. The number of carbonyl (C=O) groups is 1. The lowest BCUT2D eigenvalue weighted by Gasteiger charge is -2.35. The van der Waals surface area contributed by atoms with E-state index in [1.807, 2.05) is 0 Å². The highest BCUT2D eigenvalue weighted by Gasteiger charge is 2.33. The number of aryl methyl sites for hydroxylation is 1. The number of nitrogens with zero attached hydrogens (tertiary/aromatic N) is 2. The Hall–Kier alpha value is -1.38. The molecular formula is C19H28N3OS+. The number of thiophene rings is 1. The van der Waals surface area contributed by atoms with Crippen molar-refractivity contribution >= 4 is 22.2 Å². The van der Waals surface area contributed by atoms with E-state index in [1.165, 1.54) is 49.0 Å². The van der Waals surface area contributed by atoms with Crippen LogP contribution in [0.25, 0.3) is 0 Å². The second kappa shape index (κ2) is 7.25. The zero-order chi connectivity index (χ0) is 17.2. The van der Waals surface area contributed by atoms with Crippen LogP contribution in [0.3, 0.4) is 0 Å². The smallest absolute Gasteiger partial charge is 0.280 e. The van der Waals surface area contributed by atoms with Crippen molar-refractivity contribution in [2.24, 2.45) is 0 Å². The van der Waals surface area contributed by atoms with Crippen LogP contribution < -0.4 is 5.32 Å². The maximum absolute atomic E-state index is 12.6. The highest BCUT2D eigenvalue weighted by Crippen LogP contribution is 2.37. The molecule has 1 saturated carbocycles. The van der Waals surface area contributed by atoms with Gasteiger partial charge < -0.3 is 9.80 Å². The number of rotatable bonds is 4. The average molecular weight is 347 g/mol. The van der Waals surface area contributed by atoms with Gasteiger partial charge in [-0.2, -0.15) is 5.26 Å². The summed E-state index contributed by atoms with van der Waals surface area (Å²) in [5.74, 6) is 0.0415. The summed E-state index contributed by atoms with van der Waals surface area (Å²) in [5.41, 5.74) is 1.91. The molecule has 3 rings (SSSR count). The Labute approximate surface area is 149 Å². The molecule has 0 saturated heterocycles. The Morgan fingerprint density at radius 3 is 2.62 bits per heavy atom. The summed E-state index contributed by atoms with van der Waals surface area (Å²) < 4.78 is 0.749. The van der Waals surface area contributed by atoms with Gasteiger partial charge in [0.25, 0.3) is 5.91 Å². The van der Waals surface area contributed by atoms with E-state index < -0.39 is 0 Å². The van der Waals surface area contributed by atoms with Crippen molar-refractivity contribution in [2.75, 3.05) is 26.0 Å². The fourth-order valence-corrected chi connectivity index (χ4v) is 5.47. The second-order valence-corrected chi connectivity index (χ2v) is 8.91. The standard InChI is InChI=1S/C19H27N3OS/c1-22(2,14-8-6-7-9-14)13-18(23)21-19-16(12-20)15-10-4-3-5-11-17(15)24-19/h14H,3-11,13H2,1-2H3/p+1. The summed E-state index contributed by atoms with van der Waals surface area (Å²) in [5, 5.41) is 13.4. The number of hydrogen-bond donors (Lipinski definition) is 1. The molecule has 1 aromatic rings. The molecule has 0 spiro atoms. The molecule has 0 aliphatic heterocycles. The van der Waals surface area contributed by atoms with E-state index >= 15 is 0 Å². The number of nitriles is 1. The van der Waals surface area contributed by atoms with E-state index in [2.05, 4.69) is 25.5 Å². The summed E-state index contributed by atoms with van der Waals surface area (Å²) in [7, 11) is 4.31. The predicted molar refractivity (Wildman–Crippen MR) is 98.2 cm³/mol. The quantitative estimate of drug-likeness (QED) is 0.665. The molecule has 4 nitrogen and oxygen atoms in total. The average Bonchev–Trinajstić information content (AvgIpc) is 3.11. The fraction of sp³-hybridized carbons (Fsp3) is 0.684. The van der Waals surface area contributed by atoms with Crippen molar-refractivity contribution in [1.82, 2.24) is 0 Å². The van der Waals surface area contributed by atoms with E-state index in [9.17, 15) is 10.1 Å². The van der Waals surface area contributed by atoms with E-state index in [1.54, 1.807) is 11.3 Å². The largest absolute Gasteiger partial charge is 0.318 e. The maximum atomic E-state index is 12.6. The maximum Gasteiger partial charge on any atom is 0.280 e. The van der Waals surface area contributed by atoms with Crippen LogP contribution in [0.4, 0.5) is 5.00 Å². The molecule has 1 amide bonds. The lowest BCUT2D eigenvalue weighted by Crippen LogP contribution is -2.51. The number of amides is 1. The Kier molecular flexibility index (Phi) is 5.27. The van der Waals surface area contributed by atoms with Gasteiger partial charge in [0.15, 0.2) is 6.54 Å². The van der Waals surface area contributed by atoms with Gasteiger partial charge in [-0.1, -0.05) is 6.42 Å². The van der Waals surface area contributed by atoms with Crippen LogP contribution in [0.15, 0.2) is 0 Å². The van der Waals surface area contributed by atoms with Gasteiger partial charge in [-0.15, -0.1) is 11.3 Å². The number of carbonyl (C=O) groups excluding carboxylic acids is 1. The molecule has 0 aromatic carbocycles. The third-order valence-corrected chi connectivity index (χ3v) is 6.86. The predicted octanol–water partition coefficient (Wildman–Crippen LogP) is 3.85. The van der Waals surface area contributed by atoms with E-state index in [4.69, 9.17) is 0 Å². The third kappa shape index (κ3) is 3.65. The molecule has 0 unspecified atom stereocenters. The van der Waals surface area contributed by atoms with Gasteiger partial charge >= 0.3 is 0 Å². The van der Waals surface area contributed by atoms with E-state index in [0.29, 0.717) is 12.6 Å². The number of anilines is 1. The molecule has 1 heterocycles. The second-order valence-electron chi connectivity index (χ2n) is 7.80. The first-order chi connectivity index (χ1) is 11.5. The minimum atomic E-state index is 0.0415. The molecule has 2 aliphatic rings. The topological polar surface area (TPSA) is 52.9 Å². The number of fused-ring (bicyclic) bond motifs is 1. The SMILES string of the molecule is C[N+](C)(CC(=O)Nc1sc2c(c1C#N)CCCCC2)C1CCCC1. The number of quaternary nitrogens is 1. The Morgan fingerprint density at radius 2 is 1.92 bits per heavy atom. The first kappa shape index (κ1) is 17.4. The Bertz CT molecular complexity index is 650. The molecule has 24 heavy (non-hydrogen) atoms. The van der Waals surface area contributed by atoms with Crippen LogP contribution in [-0.4, -0.2) is 37.1 Å². The molecule has 2 aliphatic carbocycles. The molecule has 5 heteroatoms. The molecule has 130 valence electrons. The fourth-order valence-electron chi connectivity index (χ4n) is 4.22. The van der Waals surface area contributed by atoms with Crippen LogP contribution in [0, 0.1) is 11.3 Å². The van der Waals surface area contributed by atoms with Gasteiger partial charge in [0.2, 0.25) is 0 Å². The normalized spacial score (nSPS) is 18.7. The lowest BCUT2D eigenvalue weighted by atomic mass is 10.1. The number of hydrogen-bond acceptors (Lipinski definition) is 3. The van der Waals surface area contributed by atoms with Gasteiger partial charge in [-0.05, 0) is 56.9 Å². The van der Waals surface area contributed by atoms with Crippen LogP contribution in [-0.2, 0) is 17.6 Å². The first-order valence-corrected chi connectivity index (χ1v) is 10.00. The number of likely N-dealkylation sites (N-methyl/N-ethyl adjacent to an activating group) is 1. The van der Waals surface area contributed by atoms with Gasteiger partial charge in [0, 0.05) is 4.88 Å².